The van der Waals surface area contributed by atoms with Gasteiger partial charge in [-0.1, -0.05) is 11.6 Å². The number of amidine groups is 1. The van der Waals surface area contributed by atoms with Crippen molar-refractivity contribution < 1.29 is 13.6 Å². The normalized spacial score (nSPS) is 24.9. The monoisotopic (exact) mass is 249 g/mol. The van der Waals surface area contributed by atoms with Gasteiger partial charge in [-0.05, 0) is 26.7 Å². The van der Waals surface area contributed by atoms with Crippen LogP contribution in [-0.4, -0.2) is 41.6 Å². The molecule has 3 N–H and O–H groups in total. The molecule has 1 atom stereocenters. The molecule has 1 fully saturated rings. The van der Waals surface area contributed by atoms with Crippen LogP contribution in [-0.2, 0) is 10.0 Å². The zero-order valence-corrected chi connectivity index (χ0v) is 10.4. The second-order valence-electron chi connectivity index (χ2n) is 4.24. The van der Waals surface area contributed by atoms with Crippen molar-refractivity contribution in [1.82, 2.24) is 4.31 Å². The maximum atomic E-state index is 12.0. The summed E-state index contributed by atoms with van der Waals surface area (Å²) < 4.78 is 25.5. The Kier molecular flexibility index (Phi) is 4.15. The summed E-state index contributed by atoms with van der Waals surface area (Å²) in [4.78, 5) is 0. The molecule has 0 bridgehead atoms. The van der Waals surface area contributed by atoms with Crippen LogP contribution in [0.2, 0.25) is 0 Å². The lowest BCUT2D eigenvalue weighted by atomic mass is 10.0. The summed E-state index contributed by atoms with van der Waals surface area (Å²) in [5.41, 5.74) is 5.53. The Bertz CT molecular complexity index is 364. The van der Waals surface area contributed by atoms with Gasteiger partial charge in [0.1, 0.15) is 0 Å². The van der Waals surface area contributed by atoms with E-state index in [1.165, 1.54) is 4.31 Å². The first-order valence-corrected chi connectivity index (χ1v) is 6.89. The molecule has 0 aromatic rings. The number of nitrogens with zero attached hydrogens (tertiary/aromatic N) is 2. The lowest BCUT2D eigenvalue weighted by Crippen LogP contribution is -2.52. The minimum atomic E-state index is -3.34. The molecule has 0 aromatic carbocycles. The number of piperidine rings is 1. The van der Waals surface area contributed by atoms with Crippen LogP contribution < -0.4 is 5.73 Å². The summed E-state index contributed by atoms with van der Waals surface area (Å²) in [6, 6.07) is -0.494. The number of hydrogen-bond donors (Lipinski definition) is 2. The molecule has 7 heteroatoms. The molecule has 94 valence electrons. The third kappa shape index (κ3) is 2.46. The molecule has 1 heterocycles. The van der Waals surface area contributed by atoms with Crippen LogP contribution in [0.25, 0.3) is 0 Å². The number of nitrogens with two attached hydrogens (primary N) is 1. The Morgan fingerprint density at radius 1 is 1.50 bits per heavy atom. The first kappa shape index (κ1) is 13.2. The van der Waals surface area contributed by atoms with E-state index in [0.717, 1.165) is 12.8 Å². The van der Waals surface area contributed by atoms with Crippen LogP contribution >= 0.6 is 0 Å². The number of rotatable bonds is 3. The molecular weight excluding hydrogens is 230 g/mol. The Morgan fingerprint density at radius 2 is 2.12 bits per heavy atom. The lowest BCUT2D eigenvalue weighted by molar-refractivity contribution is 0.280. The quantitative estimate of drug-likeness (QED) is 0.326. The van der Waals surface area contributed by atoms with Crippen LogP contribution in [0.15, 0.2) is 5.16 Å². The SMILES string of the molecule is CC(C)S(=O)(=O)N1CCCCC1C(N)=NO. The van der Waals surface area contributed by atoms with Crippen molar-refractivity contribution in [1.29, 1.82) is 0 Å². The van der Waals surface area contributed by atoms with Crippen molar-refractivity contribution in [2.24, 2.45) is 10.9 Å². The van der Waals surface area contributed by atoms with Crippen molar-refractivity contribution in [3.05, 3.63) is 0 Å². The van der Waals surface area contributed by atoms with Crippen LogP contribution in [0.3, 0.4) is 0 Å². The summed E-state index contributed by atoms with van der Waals surface area (Å²) in [7, 11) is -3.34. The van der Waals surface area contributed by atoms with Crippen molar-refractivity contribution in [2.45, 2.75) is 44.4 Å². The van der Waals surface area contributed by atoms with Crippen LogP contribution in [0.1, 0.15) is 33.1 Å². The van der Waals surface area contributed by atoms with Crippen molar-refractivity contribution in [2.75, 3.05) is 6.54 Å². The number of sulfonamides is 1. The fraction of sp³-hybridized carbons (Fsp3) is 0.889. The molecule has 1 unspecified atom stereocenters. The molecule has 0 amide bonds. The first-order chi connectivity index (χ1) is 7.41. The summed E-state index contributed by atoms with van der Waals surface area (Å²) in [6.45, 7) is 3.71. The highest BCUT2D eigenvalue weighted by Gasteiger charge is 2.36. The maximum Gasteiger partial charge on any atom is 0.217 e. The van der Waals surface area contributed by atoms with Gasteiger partial charge in [-0.3, -0.25) is 0 Å². The first-order valence-electron chi connectivity index (χ1n) is 5.39. The number of oxime groups is 1. The lowest BCUT2D eigenvalue weighted by Gasteiger charge is -2.34. The van der Waals surface area contributed by atoms with Gasteiger partial charge in [-0.15, -0.1) is 0 Å². The fourth-order valence-electron chi connectivity index (χ4n) is 1.84. The van der Waals surface area contributed by atoms with Gasteiger partial charge < -0.3 is 10.9 Å². The Labute approximate surface area is 96.2 Å². The molecule has 6 nitrogen and oxygen atoms in total. The van der Waals surface area contributed by atoms with E-state index in [-0.39, 0.29) is 5.84 Å². The van der Waals surface area contributed by atoms with Gasteiger partial charge in [-0.2, -0.15) is 4.31 Å². The average Bonchev–Trinajstić information content (AvgIpc) is 2.27. The van der Waals surface area contributed by atoms with E-state index in [9.17, 15) is 8.42 Å². The van der Waals surface area contributed by atoms with Crippen molar-refractivity contribution in [3.8, 4) is 0 Å². The highest BCUT2D eigenvalue weighted by Crippen LogP contribution is 2.22. The van der Waals surface area contributed by atoms with Gasteiger partial charge in [0.15, 0.2) is 5.84 Å². The Hall–Kier alpha value is -0.820. The molecule has 1 saturated heterocycles. The van der Waals surface area contributed by atoms with Gasteiger partial charge in [-0.25, -0.2) is 8.42 Å². The zero-order chi connectivity index (χ0) is 12.3. The molecular formula is C9H19N3O3S. The minimum Gasteiger partial charge on any atom is -0.409 e. The Balaban J connectivity index is 3.00. The molecule has 1 aliphatic rings. The average molecular weight is 249 g/mol. The van der Waals surface area contributed by atoms with Crippen LogP contribution in [0.5, 0.6) is 0 Å². The predicted molar refractivity (Wildman–Crippen MR) is 61.8 cm³/mol. The highest BCUT2D eigenvalue weighted by molar-refractivity contribution is 7.89. The number of hydrogen-bond acceptors (Lipinski definition) is 4. The summed E-state index contributed by atoms with van der Waals surface area (Å²) in [5, 5.41) is 11.1. The van der Waals surface area contributed by atoms with E-state index < -0.39 is 21.3 Å². The second kappa shape index (κ2) is 5.01. The molecule has 1 aliphatic heterocycles. The smallest absolute Gasteiger partial charge is 0.217 e. The topological polar surface area (TPSA) is 96.0 Å². The predicted octanol–water partition coefficient (Wildman–Crippen LogP) is 0.326. The molecule has 1 rings (SSSR count). The van der Waals surface area contributed by atoms with Crippen LogP contribution in [0.4, 0.5) is 0 Å². The van der Waals surface area contributed by atoms with E-state index in [2.05, 4.69) is 5.16 Å². The van der Waals surface area contributed by atoms with Crippen LogP contribution in [0, 0.1) is 0 Å². The van der Waals surface area contributed by atoms with Gasteiger partial charge in [0, 0.05) is 6.54 Å². The van der Waals surface area contributed by atoms with Crippen molar-refractivity contribution in [3.63, 3.8) is 0 Å². The molecule has 0 radical (unpaired) electrons. The second-order valence-corrected chi connectivity index (χ2v) is 6.68. The minimum absolute atomic E-state index is 0.0241. The van der Waals surface area contributed by atoms with Gasteiger partial charge in [0.2, 0.25) is 10.0 Å². The molecule has 16 heavy (non-hydrogen) atoms. The fourth-order valence-corrected chi connectivity index (χ4v) is 3.34. The summed E-state index contributed by atoms with van der Waals surface area (Å²) >= 11 is 0. The van der Waals surface area contributed by atoms with E-state index in [1.54, 1.807) is 13.8 Å². The van der Waals surface area contributed by atoms with Gasteiger partial charge >= 0.3 is 0 Å². The molecule has 0 aliphatic carbocycles. The summed E-state index contributed by atoms with van der Waals surface area (Å²) in [5.74, 6) is -0.0241. The Morgan fingerprint density at radius 3 is 2.62 bits per heavy atom. The third-order valence-electron chi connectivity index (χ3n) is 2.83. The van der Waals surface area contributed by atoms with E-state index in [0.29, 0.717) is 13.0 Å². The maximum absolute atomic E-state index is 12.0. The molecule has 0 aromatic heterocycles. The zero-order valence-electron chi connectivity index (χ0n) is 9.63. The van der Waals surface area contributed by atoms with Gasteiger partial charge in [0.05, 0.1) is 11.3 Å². The largest absolute Gasteiger partial charge is 0.409 e. The highest BCUT2D eigenvalue weighted by atomic mass is 32.2. The van der Waals surface area contributed by atoms with E-state index >= 15 is 0 Å². The standard InChI is InChI=1S/C9H19N3O3S/c1-7(2)16(14,15)12-6-4-3-5-8(12)9(10)11-13/h7-8,13H,3-6H2,1-2H3,(H2,10,11). The summed E-state index contributed by atoms with van der Waals surface area (Å²) in [6.07, 6.45) is 2.33. The van der Waals surface area contributed by atoms with E-state index in [4.69, 9.17) is 10.9 Å². The molecule has 0 spiro atoms. The van der Waals surface area contributed by atoms with Gasteiger partial charge in [0.25, 0.3) is 0 Å². The third-order valence-corrected chi connectivity index (χ3v) is 5.12. The van der Waals surface area contributed by atoms with Crippen molar-refractivity contribution >= 4 is 15.9 Å². The molecule has 0 saturated carbocycles. The van der Waals surface area contributed by atoms with E-state index in [1.807, 2.05) is 0 Å².